The van der Waals surface area contributed by atoms with Crippen LogP contribution < -0.4 is 0 Å². The molecule has 2 saturated heterocycles. The smallest absolute Gasteiger partial charge is 0.223 e. The highest BCUT2D eigenvalue weighted by atomic mass is 16.2. The summed E-state index contributed by atoms with van der Waals surface area (Å²) in [5, 5.41) is 8.71. The van der Waals surface area contributed by atoms with Crippen molar-refractivity contribution in [2.24, 2.45) is 23.2 Å². The highest BCUT2D eigenvalue weighted by Crippen LogP contribution is 2.61. The lowest BCUT2D eigenvalue weighted by Gasteiger charge is -2.57. The second-order valence-corrected chi connectivity index (χ2v) is 10.3. The number of rotatable bonds is 3. The second-order valence-electron chi connectivity index (χ2n) is 10.3. The van der Waals surface area contributed by atoms with E-state index in [0.717, 1.165) is 37.0 Å². The van der Waals surface area contributed by atoms with Crippen molar-refractivity contribution in [3.05, 3.63) is 12.4 Å². The van der Waals surface area contributed by atoms with Gasteiger partial charge in [0.15, 0.2) is 0 Å². The van der Waals surface area contributed by atoms with Gasteiger partial charge >= 0.3 is 0 Å². The molecule has 0 spiro atoms. The monoisotopic (exact) mass is 354 g/mol. The van der Waals surface area contributed by atoms with Crippen LogP contribution in [0.2, 0.25) is 0 Å². The van der Waals surface area contributed by atoms with E-state index in [4.69, 9.17) is 0 Å². The molecule has 6 aliphatic rings. The maximum Gasteiger partial charge on any atom is 0.223 e. The molecule has 6 fully saturated rings. The van der Waals surface area contributed by atoms with Crippen LogP contribution in [-0.2, 0) is 4.79 Å². The third kappa shape index (κ3) is 2.38. The van der Waals surface area contributed by atoms with Crippen LogP contribution in [0.15, 0.2) is 12.4 Å². The molecule has 1 aromatic rings. The third-order valence-corrected chi connectivity index (χ3v) is 8.45. The van der Waals surface area contributed by atoms with Gasteiger partial charge in [0.05, 0.1) is 18.4 Å². The van der Waals surface area contributed by atoms with Gasteiger partial charge in [-0.3, -0.25) is 4.79 Å². The van der Waals surface area contributed by atoms with Gasteiger partial charge in [-0.05, 0) is 87.4 Å². The lowest BCUT2D eigenvalue weighted by molar-refractivity contribution is -0.144. The Morgan fingerprint density at radius 2 is 1.38 bits per heavy atom. The lowest BCUT2D eigenvalue weighted by Crippen LogP contribution is -2.52. The highest BCUT2D eigenvalue weighted by molar-refractivity contribution is 5.78. The number of fused-ring (bicyclic) bond motifs is 2. The average molecular weight is 354 g/mol. The Balaban J connectivity index is 1.18. The van der Waals surface area contributed by atoms with E-state index in [1.165, 1.54) is 51.4 Å². The molecule has 0 aromatic carbocycles. The van der Waals surface area contributed by atoms with Gasteiger partial charge in [-0.25, -0.2) is 0 Å². The summed E-state index contributed by atoms with van der Waals surface area (Å²) in [6, 6.07) is 1.23. The summed E-state index contributed by atoms with van der Waals surface area (Å²) in [5.41, 5.74) is 0.367. The van der Waals surface area contributed by atoms with Crippen molar-refractivity contribution >= 4 is 5.91 Å². The van der Waals surface area contributed by atoms with Crippen LogP contribution in [0.25, 0.3) is 0 Å². The largest absolute Gasteiger partial charge is 0.337 e. The van der Waals surface area contributed by atoms with Crippen molar-refractivity contribution in [1.29, 1.82) is 0 Å². The SMILES string of the molecule is O=C(CC12CC3CC(CC(C3)C1)C2)N1C2CCC1CC(n1nccn1)C2. The van der Waals surface area contributed by atoms with Crippen molar-refractivity contribution in [3.8, 4) is 0 Å². The number of hydrogen-bond donors (Lipinski definition) is 0. The Bertz CT molecular complexity index is 650. The molecule has 5 nitrogen and oxygen atoms in total. The minimum Gasteiger partial charge on any atom is -0.337 e. The zero-order chi connectivity index (χ0) is 17.3. The fourth-order valence-corrected chi connectivity index (χ4v) is 8.08. The predicted molar refractivity (Wildman–Crippen MR) is 97.2 cm³/mol. The molecule has 2 atom stereocenters. The molecule has 7 rings (SSSR count). The average Bonchev–Trinajstić information content (AvgIpc) is 3.20. The van der Waals surface area contributed by atoms with Gasteiger partial charge in [-0.2, -0.15) is 15.0 Å². The van der Waals surface area contributed by atoms with E-state index in [2.05, 4.69) is 15.1 Å². The van der Waals surface area contributed by atoms with Gasteiger partial charge < -0.3 is 4.90 Å². The minimum absolute atomic E-state index is 0.367. The van der Waals surface area contributed by atoms with Crippen molar-refractivity contribution in [2.75, 3.05) is 0 Å². The Hall–Kier alpha value is -1.39. The van der Waals surface area contributed by atoms with Crippen LogP contribution in [0.5, 0.6) is 0 Å². The summed E-state index contributed by atoms with van der Waals surface area (Å²) >= 11 is 0. The van der Waals surface area contributed by atoms with Crippen LogP contribution in [0.1, 0.15) is 76.7 Å². The van der Waals surface area contributed by atoms with Gasteiger partial charge in [0, 0.05) is 18.5 Å². The van der Waals surface area contributed by atoms with Gasteiger partial charge in [-0.1, -0.05) is 0 Å². The summed E-state index contributed by atoms with van der Waals surface area (Å²) in [4.78, 5) is 17.6. The number of hydrogen-bond acceptors (Lipinski definition) is 3. The van der Waals surface area contributed by atoms with E-state index in [1.54, 1.807) is 12.4 Å². The van der Waals surface area contributed by atoms with Crippen LogP contribution in [0, 0.1) is 23.2 Å². The van der Waals surface area contributed by atoms with Gasteiger partial charge in [0.2, 0.25) is 5.91 Å². The predicted octanol–water partition coefficient (Wildman–Crippen LogP) is 3.58. The Morgan fingerprint density at radius 1 is 0.846 bits per heavy atom. The highest BCUT2D eigenvalue weighted by Gasteiger charge is 2.53. The molecule has 4 aliphatic carbocycles. The first kappa shape index (κ1) is 15.6. The lowest BCUT2D eigenvalue weighted by atomic mass is 9.49. The molecular formula is C21H30N4O. The Morgan fingerprint density at radius 3 is 1.92 bits per heavy atom. The van der Waals surface area contributed by atoms with Crippen molar-refractivity contribution in [1.82, 2.24) is 19.9 Å². The second kappa shape index (κ2) is 5.56. The Kier molecular flexibility index (Phi) is 3.34. The molecule has 26 heavy (non-hydrogen) atoms. The third-order valence-electron chi connectivity index (χ3n) is 8.45. The molecule has 0 N–H and O–H groups in total. The van der Waals surface area contributed by atoms with Gasteiger partial charge in [0.25, 0.3) is 0 Å². The molecule has 1 amide bonds. The van der Waals surface area contributed by atoms with E-state index in [0.29, 0.717) is 29.4 Å². The molecule has 1 aromatic heterocycles. The molecule has 2 unspecified atom stereocenters. The molecule has 6 bridgehead atoms. The van der Waals surface area contributed by atoms with Crippen molar-refractivity contribution in [3.63, 3.8) is 0 Å². The van der Waals surface area contributed by atoms with Gasteiger partial charge in [0.1, 0.15) is 0 Å². The van der Waals surface area contributed by atoms with Gasteiger partial charge in [-0.15, -0.1) is 0 Å². The quantitative estimate of drug-likeness (QED) is 0.834. The maximum absolute atomic E-state index is 13.4. The maximum atomic E-state index is 13.4. The topological polar surface area (TPSA) is 51.0 Å². The Labute approximate surface area is 155 Å². The summed E-state index contributed by atoms with van der Waals surface area (Å²) in [7, 11) is 0. The van der Waals surface area contributed by atoms with E-state index in [9.17, 15) is 4.79 Å². The first-order valence-electron chi connectivity index (χ1n) is 10.8. The summed E-state index contributed by atoms with van der Waals surface area (Å²) in [6.45, 7) is 0. The molecule has 4 saturated carbocycles. The first-order valence-corrected chi connectivity index (χ1v) is 10.8. The number of aromatic nitrogens is 3. The fraction of sp³-hybridized carbons (Fsp3) is 0.857. The van der Waals surface area contributed by atoms with E-state index in [1.807, 2.05) is 4.80 Å². The number of amides is 1. The van der Waals surface area contributed by atoms with E-state index >= 15 is 0 Å². The number of piperidine rings is 1. The molecule has 5 heteroatoms. The summed E-state index contributed by atoms with van der Waals surface area (Å²) in [5.74, 6) is 3.28. The van der Waals surface area contributed by atoms with Crippen molar-refractivity contribution < 1.29 is 4.79 Å². The summed E-state index contributed by atoms with van der Waals surface area (Å²) < 4.78 is 0. The number of carbonyl (C=O) groups is 1. The van der Waals surface area contributed by atoms with Crippen LogP contribution in [0.4, 0.5) is 0 Å². The molecule has 0 radical (unpaired) electrons. The first-order chi connectivity index (χ1) is 12.7. The molecule has 140 valence electrons. The van der Waals surface area contributed by atoms with Crippen molar-refractivity contribution in [2.45, 2.75) is 88.8 Å². The standard InChI is InChI=1S/C21H30N4O/c26-20(13-21-10-14-5-15(11-21)7-16(6-14)12-21)24-17-1-2-18(24)9-19(8-17)25-22-3-4-23-25/h3-4,14-19H,1-2,5-13H2. The summed E-state index contributed by atoms with van der Waals surface area (Å²) in [6.07, 6.45) is 17.2. The molecule has 3 heterocycles. The van der Waals surface area contributed by atoms with Crippen LogP contribution in [0.3, 0.4) is 0 Å². The normalized spacial score (nSPS) is 46.1. The van der Waals surface area contributed by atoms with Crippen LogP contribution in [-0.4, -0.2) is 37.9 Å². The number of carbonyl (C=O) groups excluding carboxylic acids is 1. The number of nitrogens with zero attached hydrogens (tertiary/aromatic N) is 4. The zero-order valence-corrected chi connectivity index (χ0v) is 15.6. The molecule has 2 aliphatic heterocycles. The van der Waals surface area contributed by atoms with Crippen LogP contribution >= 0.6 is 0 Å². The van der Waals surface area contributed by atoms with E-state index in [-0.39, 0.29) is 0 Å². The van der Waals surface area contributed by atoms with E-state index < -0.39 is 0 Å². The zero-order valence-electron chi connectivity index (χ0n) is 15.6. The molecular weight excluding hydrogens is 324 g/mol. The minimum atomic E-state index is 0.367. The fourth-order valence-electron chi connectivity index (χ4n) is 8.08.